The standard InChI is InChI=1S/C27H33F6N3O3/c1-4-17(24(34-3)36(21-6-5-7-21)22-8-10-38-11-9-22)15-35-16(2)23(39-25(35)37)18-12-19(26(28,29)30)14-20(13-18)27(31,32)33/h4,12-14,16,21-23H,5-11,15H2,1-3H3. The summed E-state index contributed by atoms with van der Waals surface area (Å²) in [5.41, 5.74) is -2.52. The summed E-state index contributed by atoms with van der Waals surface area (Å²) in [7, 11) is 1.68. The number of nitrogens with zero attached hydrogens (tertiary/aromatic N) is 3. The number of aliphatic imine (C=N–C) groups is 1. The van der Waals surface area contributed by atoms with Crippen molar-refractivity contribution in [3.63, 3.8) is 0 Å². The fourth-order valence-electron chi connectivity index (χ4n) is 5.47. The lowest BCUT2D eigenvalue weighted by molar-refractivity contribution is -0.143. The van der Waals surface area contributed by atoms with Crippen LogP contribution < -0.4 is 0 Å². The van der Waals surface area contributed by atoms with Gasteiger partial charge in [-0.1, -0.05) is 6.08 Å². The van der Waals surface area contributed by atoms with E-state index in [1.807, 2.05) is 13.0 Å². The number of hydrogen-bond acceptors (Lipinski definition) is 4. The minimum Gasteiger partial charge on any atom is -0.439 e. The van der Waals surface area contributed by atoms with E-state index < -0.39 is 41.7 Å². The largest absolute Gasteiger partial charge is 0.439 e. The lowest BCUT2D eigenvalue weighted by Gasteiger charge is -2.46. The van der Waals surface area contributed by atoms with Crippen molar-refractivity contribution in [3.05, 3.63) is 46.5 Å². The monoisotopic (exact) mass is 561 g/mol. The number of hydrogen-bond donors (Lipinski definition) is 0. The lowest BCUT2D eigenvalue weighted by atomic mass is 9.88. The highest BCUT2D eigenvalue weighted by molar-refractivity contribution is 5.99. The first-order valence-corrected chi connectivity index (χ1v) is 13.1. The molecule has 0 bridgehead atoms. The van der Waals surface area contributed by atoms with Crippen molar-refractivity contribution in [2.45, 2.75) is 82.5 Å². The molecule has 0 radical (unpaired) electrons. The zero-order valence-corrected chi connectivity index (χ0v) is 22.1. The molecule has 4 rings (SSSR count). The average molecular weight is 562 g/mol. The third kappa shape index (κ3) is 6.20. The summed E-state index contributed by atoms with van der Waals surface area (Å²) in [6.07, 6.45) is -5.44. The van der Waals surface area contributed by atoms with Gasteiger partial charge in [0, 0.05) is 37.9 Å². The Morgan fingerprint density at radius 2 is 1.59 bits per heavy atom. The van der Waals surface area contributed by atoms with Crippen molar-refractivity contribution in [3.8, 4) is 0 Å². The Morgan fingerprint density at radius 1 is 1.03 bits per heavy atom. The van der Waals surface area contributed by atoms with Gasteiger partial charge in [-0.3, -0.25) is 9.89 Å². The molecule has 2 heterocycles. The quantitative estimate of drug-likeness (QED) is 0.223. The van der Waals surface area contributed by atoms with Crippen LogP contribution in [0.25, 0.3) is 0 Å². The highest BCUT2D eigenvalue weighted by atomic mass is 19.4. The maximum Gasteiger partial charge on any atom is 0.416 e. The topological polar surface area (TPSA) is 54.4 Å². The van der Waals surface area contributed by atoms with E-state index in [0.29, 0.717) is 31.4 Å². The molecule has 2 saturated heterocycles. The van der Waals surface area contributed by atoms with E-state index in [4.69, 9.17) is 9.47 Å². The summed E-state index contributed by atoms with van der Waals surface area (Å²) in [6.45, 7) is 4.71. The van der Waals surface area contributed by atoms with E-state index in [1.165, 1.54) is 4.90 Å². The van der Waals surface area contributed by atoms with Gasteiger partial charge < -0.3 is 14.4 Å². The minimum absolute atomic E-state index is 0.0528. The Hall–Kier alpha value is -2.76. The van der Waals surface area contributed by atoms with Crippen LogP contribution >= 0.6 is 0 Å². The molecule has 1 aromatic rings. The number of benzene rings is 1. The second kappa shape index (κ2) is 11.4. The first-order valence-electron chi connectivity index (χ1n) is 13.1. The van der Waals surface area contributed by atoms with E-state index in [9.17, 15) is 31.1 Å². The number of amidine groups is 1. The molecule has 1 amide bonds. The highest BCUT2D eigenvalue weighted by Crippen LogP contribution is 2.41. The third-order valence-corrected chi connectivity index (χ3v) is 7.82. The highest BCUT2D eigenvalue weighted by Gasteiger charge is 2.44. The van der Waals surface area contributed by atoms with Gasteiger partial charge in [-0.25, -0.2) is 4.79 Å². The molecule has 3 aliphatic rings. The number of halogens is 6. The van der Waals surface area contributed by atoms with Gasteiger partial charge in [0.25, 0.3) is 0 Å². The van der Waals surface area contributed by atoms with Crippen molar-refractivity contribution in [2.75, 3.05) is 26.8 Å². The second-order valence-electron chi connectivity index (χ2n) is 10.2. The number of ether oxygens (including phenoxy) is 2. The number of alkyl halides is 6. The number of carbonyl (C=O) groups excluding carboxylic acids is 1. The Morgan fingerprint density at radius 3 is 2.05 bits per heavy atom. The fraction of sp³-hybridized carbons (Fsp3) is 0.630. The molecular formula is C27H33F6N3O3. The minimum atomic E-state index is -5.00. The zero-order valence-electron chi connectivity index (χ0n) is 22.1. The summed E-state index contributed by atoms with van der Waals surface area (Å²) in [5, 5.41) is 0. The van der Waals surface area contributed by atoms with Crippen LogP contribution in [0.5, 0.6) is 0 Å². The lowest BCUT2D eigenvalue weighted by Crippen LogP contribution is -2.53. The first kappa shape index (κ1) is 29.2. The van der Waals surface area contributed by atoms with Crippen molar-refractivity contribution in [2.24, 2.45) is 4.99 Å². The molecule has 12 heteroatoms. The van der Waals surface area contributed by atoms with Crippen molar-refractivity contribution >= 4 is 11.9 Å². The van der Waals surface area contributed by atoms with Crippen LogP contribution in [-0.4, -0.2) is 66.7 Å². The average Bonchev–Trinajstić information content (AvgIpc) is 3.14. The van der Waals surface area contributed by atoms with Crippen molar-refractivity contribution < 1.29 is 40.6 Å². The predicted molar refractivity (Wildman–Crippen MR) is 132 cm³/mol. The molecule has 3 fully saturated rings. The molecule has 0 N–H and O–H groups in total. The summed E-state index contributed by atoms with van der Waals surface area (Å²) < 4.78 is 91.5. The Kier molecular flexibility index (Phi) is 8.53. The van der Waals surface area contributed by atoms with Crippen molar-refractivity contribution in [1.29, 1.82) is 0 Å². The number of allylic oxidation sites excluding steroid dienone is 1. The molecule has 0 spiro atoms. The van der Waals surface area contributed by atoms with Gasteiger partial charge in [0.05, 0.1) is 23.7 Å². The molecule has 2 unspecified atom stereocenters. The van der Waals surface area contributed by atoms with Crippen LogP contribution in [0.3, 0.4) is 0 Å². The van der Waals surface area contributed by atoms with E-state index in [-0.39, 0.29) is 24.2 Å². The molecule has 1 aromatic carbocycles. The van der Waals surface area contributed by atoms with Gasteiger partial charge in [0.1, 0.15) is 11.9 Å². The number of cyclic esters (lactones) is 1. The Balaban J connectivity index is 1.60. The predicted octanol–water partition coefficient (Wildman–Crippen LogP) is 6.61. The van der Waals surface area contributed by atoms with Crippen molar-refractivity contribution in [1.82, 2.24) is 9.80 Å². The SMILES string of the molecule is CC=C(CN1C(=O)OC(c2cc(C(F)(F)F)cc(C(F)(F)F)c2)C1C)C(=NC)N(C1CCC1)C1CCOCC1. The molecule has 39 heavy (non-hydrogen) atoms. The maximum absolute atomic E-state index is 13.4. The van der Waals surface area contributed by atoms with Gasteiger partial charge >= 0.3 is 18.4 Å². The summed E-state index contributed by atoms with van der Waals surface area (Å²) in [6, 6.07) is 1.01. The van der Waals surface area contributed by atoms with Crippen LogP contribution in [-0.2, 0) is 21.8 Å². The molecule has 1 saturated carbocycles. The first-order chi connectivity index (χ1) is 18.3. The fourth-order valence-corrected chi connectivity index (χ4v) is 5.47. The van der Waals surface area contributed by atoms with E-state index >= 15 is 0 Å². The van der Waals surface area contributed by atoms with Gasteiger partial charge in [-0.05, 0) is 69.7 Å². The molecule has 2 aliphatic heterocycles. The molecule has 2 atom stereocenters. The zero-order chi connectivity index (χ0) is 28.5. The summed E-state index contributed by atoms with van der Waals surface area (Å²) >= 11 is 0. The van der Waals surface area contributed by atoms with E-state index in [2.05, 4.69) is 9.89 Å². The number of amides is 1. The van der Waals surface area contributed by atoms with Gasteiger partial charge in [0.2, 0.25) is 0 Å². The maximum atomic E-state index is 13.4. The Labute approximate surface area is 223 Å². The second-order valence-corrected chi connectivity index (χ2v) is 10.2. The van der Waals surface area contributed by atoms with Gasteiger partial charge in [-0.2, -0.15) is 26.3 Å². The smallest absolute Gasteiger partial charge is 0.416 e. The molecule has 216 valence electrons. The van der Waals surface area contributed by atoms with E-state index in [1.54, 1.807) is 14.0 Å². The van der Waals surface area contributed by atoms with Gasteiger partial charge in [-0.15, -0.1) is 0 Å². The summed E-state index contributed by atoms with van der Waals surface area (Å²) in [5.74, 6) is 0.732. The molecule has 6 nitrogen and oxygen atoms in total. The van der Waals surface area contributed by atoms with Crippen LogP contribution in [0.1, 0.15) is 68.7 Å². The third-order valence-electron chi connectivity index (χ3n) is 7.82. The molecule has 1 aliphatic carbocycles. The normalized spacial score (nSPS) is 24.1. The molecular weight excluding hydrogens is 528 g/mol. The van der Waals surface area contributed by atoms with Crippen LogP contribution in [0.15, 0.2) is 34.8 Å². The Bertz CT molecular complexity index is 1070. The number of carbonyl (C=O) groups is 1. The number of rotatable bonds is 6. The van der Waals surface area contributed by atoms with Crippen LogP contribution in [0, 0.1) is 0 Å². The summed E-state index contributed by atoms with van der Waals surface area (Å²) in [4.78, 5) is 21.2. The van der Waals surface area contributed by atoms with Crippen LogP contribution in [0.2, 0.25) is 0 Å². The van der Waals surface area contributed by atoms with Gasteiger partial charge in [0.15, 0.2) is 0 Å². The molecule has 0 aromatic heterocycles. The van der Waals surface area contributed by atoms with Crippen LogP contribution in [0.4, 0.5) is 31.1 Å². The van der Waals surface area contributed by atoms with E-state index in [0.717, 1.165) is 43.5 Å².